The van der Waals surface area contributed by atoms with Crippen molar-refractivity contribution in [1.82, 2.24) is 4.90 Å². The van der Waals surface area contributed by atoms with Crippen LogP contribution < -0.4 is 34.7 Å². The van der Waals surface area contributed by atoms with Crippen LogP contribution in [0.15, 0.2) is 0 Å². The van der Waals surface area contributed by atoms with Crippen molar-refractivity contribution in [3.05, 3.63) is 0 Å². The van der Waals surface area contributed by atoms with Gasteiger partial charge >= 0.3 is 29.6 Å². The number of fused-ring (bicyclic) bond motifs is 2. The van der Waals surface area contributed by atoms with Crippen molar-refractivity contribution in [2.24, 2.45) is 5.92 Å². The first kappa shape index (κ1) is 23.5. The fourth-order valence-corrected chi connectivity index (χ4v) is 6.01. The topological polar surface area (TPSA) is 113 Å². The van der Waals surface area contributed by atoms with Crippen LogP contribution >= 0.6 is 0 Å². The van der Waals surface area contributed by atoms with E-state index in [1.165, 1.54) is 0 Å². The molecule has 3 aliphatic heterocycles. The zero-order valence-electron chi connectivity index (χ0n) is 17.0. The number of carbonyl (C=O) groups excluding carboxylic acids is 1. The average molecular weight is 393 g/mol. The van der Waals surface area contributed by atoms with Crippen LogP contribution in [0.3, 0.4) is 0 Å². The van der Waals surface area contributed by atoms with Crippen LogP contribution in [0.2, 0.25) is 0 Å². The number of hydrogen-bond donors (Lipinski definition) is 3. The number of hydrogen-bond acceptors (Lipinski definition) is 7. The van der Waals surface area contributed by atoms with Gasteiger partial charge in [0.15, 0.2) is 0 Å². The molecule has 7 nitrogen and oxygen atoms in total. The van der Waals surface area contributed by atoms with Gasteiger partial charge in [-0.2, -0.15) is 0 Å². The van der Waals surface area contributed by atoms with E-state index in [1.54, 1.807) is 0 Å². The summed E-state index contributed by atoms with van der Waals surface area (Å²) in [5.74, 6) is -1.04. The van der Waals surface area contributed by atoms with E-state index in [4.69, 9.17) is 4.74 Å². The third-order valence-corrected chi connectivity index (χ3v) is 7.75. The molecule has 0 aromatic carbocycles. The first-order chi connectivity index (χ1) is 12.1. The van der Waals surface area contributed by atoms with Gasteiger partial charge in [0.2, 0.25) is 0 Å². The van der Waals surface area contributed by atoms with Crippen molar-refractivity contribution in [1.29, 1.82) is 0 Å². The number of aliphatic hydroxyl groups is 3. The minimum atomic E-state index is -1.22. The molecule has 1 spiro atoms. The third-order valence-electron chi connectivity index (χ3n) is 7.75. The fraction of sp³-hybridized carbons (Fsp3) is 0.947. The summed E-state index contributed by atoms with van der Waals surface area (Å²) in [6.45, 7) is 6.34. The first-order valence-electron chi connectivity index (χ1n) is 9.67. The molecule has 6 atom stereocenters. The minimum absolute atomic E-state index is 0. The molecule has 0 aliphatic carbocycles. The average Bonchev–Trinajstić information content (AvgIpc) is 2.98. The summed E-state index contributed by atoms with van der Waals surface area (Å²) in [6.07, 6.45) is 2.22. The Bertz CT molecular complexity index is 578. The Balaban J connectivity index is 0.00000261. The van der Waals surface area contributed by atoms with E-state index in [0.29, 0.717) is 25.7 Å². The van der Waals surface area contributed by atoms with E-state index < -0.39 is 34.4 Å². The number of nitrogens with zero attached hydrogens (tertiary/aromatic N) is 1. The molecule has 0 radical (unpaired) electrons. The summed E-state index contributed by atoms with van der Waals surface area (Å²) in [4.78, 5) is 13.4. The molecule has 3 saturated heterocycles. The van der Waals surface area contributed by atoms with Crippen LogP contribution in [0.1, 0.15) is 59.3 Å². The monoisotopic (exact) mass is 393 g/mol. The second kappa shape index (κ2) is 7.84. The number of ether oxygens (including phenoxy) is 1. The molecule has 3 rings (SSSR count). The number of carboxylic acids is 1. The summed E-state index contributed by atoms with van der Waals surface area (Å²) in [7, 11) is 0. The second-order valence-electron chi connectivity index (χ2n) is 9.07. The number of piperidine rings is 2. The molecule has 27 heavy (non-hydrogen) atoms. The van der Waals surface area contributed by atoms with Crippen molar-refractivity contribution in [2.75, 3.05) is 19.8 Å². The van der Waals surface area contributed by atoms with Crippen LogP contribution in [0.4, 0.5) is 0 Å². The summed E-state index contributed by atoms with van der Waals surface area (Å²) in [6, 6.07) is 0. The number of aliphatic hydroxyl groups excluding tert-OH is 3. The summed E-state index contributed by atoms with van der Waals surface area (Å²) < 4.78 is 6.52. The Hall–Kier alpha value is 0.270. The van der Waals surface area contributed by atoms with E-state index in [0.717, 1.165) is 13.0 Å². The molecular formula is C19H32NNaO6. The van der Waals surface area contributed by atoms with E-state index in [2.05, 4.69) is 18.7 Å². The molecule has 150 valence electrons. The molecular weight excluding hydrogens is 361 g/mol. The van der Waals surface area contributed by atoms with Crippen molar-refractivity contribution < 1.29 is 59.5 Å². The molecule has 0 bridgehead atoms. The van der Waals surface area contributed by atoms with Gasteiger partial charge in [0.25, 0.3) is 0 Å². The molecule has 3 aliphatic rings. The summed E-state index contributed by atoms with van der Waals surface area (Å²) in [5, 5.41) is 41.8. The van der Waals surface area contributed by atoms with Crippen molar-refractivity contribution in [2.45, 2.75) is 87.7 Å². The van der Waals surface area contributed by atoms with E-state index in [1.807, 2.05) is 6.92 Å². The largest absolute Gasteiger partial charge is 1.00 e. The second-order valence-corrected chi connectivity index (χ2v) is 9.07. The molecule has 0 aromatic heterocycles. The first-order valence-corrected chi connectivity index (χ1v) is 9.67. The molecule has 0 saturated carbocycles. The maximum Gasteiger partial charge on any atom is 1.00 e. The van der Waals surface area contributed by atoms with Gasteiger partial charge in [0, 0.05) is 17.9 Å². The molecule has 0 aromatic rings. The Labute approximate surface area is 183 Å². The molecule has 0 amide bonds. The quantitative estimate of drug-likeness (QED) is 0.423. The van der Waals surface area contributed by atoms with Crippen LogP contribution in [0.5, 0.6) is 0 Å². The van der Waals surface area contributed by atoms with Crippen LogP contribution in [-0.2, 0) is 9.53 Å². The Morgan fingerprint density at radius 3 is 2.41 bits per heavy atom. The van der Waals surface area contributed by atoms with Gasteiger partial charge in [-0.1, -0.05) is 6.92 Å². The Kier molecular flexibility index (Phi) is 6.83. The summed E-state index contributed by atoms with van der Waals surface area (Å²) >= 11 is 0. The van der Waals surface area contributed by atoms with Gasteiger partial charge in [-0.15, -0.1) is 0 Å². The van der Waals surface area contributed by atoms with E-state index in [9.17, 15) is 25.2 Å². The normalized spacial score (nSPS) is 47.5. The predicted octanol–water partition coefficient (Wildman–Crippen LogP) is -3.58. The van der Waals surface area contributed by atoms with Gasteiger partial charge in [-0.3, -0.25) is 4.90 Å². The number of aliphatic carboxylic acids is 1. The van der Waals surface area contributed by atoms with Crippen molar-refractivity contribution >= 4 is 5.97 Å². The predicted molar refractivity (Wildman–Crippen MR) is 92.1 cm³/mol. The Morgan fingerprint density at radius 1 is 1.19 bits per heavy atom. The SMILES string of the molecule is CC1CCN2C(C)(CO)C(O)CC[C@]2(C)C12CCC(CO)(CC(=O)[O-])O2.[Na+]. The maximum absolute atomic E-state index is 11.2. The zero-order valence-corrected chi connectivity index (χ0v) is 19.0. The van der Waals surface area contributed by atoms with Crippen molar-refractivity contribution in [3.63, 3.8) is 0 Å². The molecule has 3 N–H and O–H groups in total. The molecule has 5 unspecified atom stereocenters. The smallest absolute Gasteiger partial charge is 0.550 e. The number of carbonyl (C=O) groups is 1. The third kappa shape index (κ3) is 3.32. The van der Waals surface area contributed by atoms with E-state index in [-0.39, 0.29) is 55.1 Å². The molecule has 3 heterocycles. The van der Waals surface area contributed by atoms with Crippen LogP contribution in [0, 0.1) is 5.92 Å². The number of carboxylic acid groups (broad SMARTS) is 1. The van der Waals surface area contributed by atoms with Gasteiger partial charge in [0.05, 0.1) is 36.1 Å². The number of rotatable bonds is 4. The molecule has 3 fully saturated rings. The van der Waals surface area contributed by atoms with Crippen LogP contribution in [-0.4, -0.2) is 74.3 Å². The van der Waals surface area contributed by atoms with Gasteiger partial charge < -0.3 is 30.0 Å². The Morgan fingerprint density at radius 2 is 1.85 bits per heavy atom. The van der Waals surface area contributed by atoms with Crippen molar-refractivity contribution in [3.8, 4) is 0 Å². The van der Waals surface area contributed by atoms with Gasteiger partial charge in [-0.25, -0.2) is 0 Å². The zero-order chi connectivity index (χ0) is 19.4. The standard InChI is InChI=1S/C19H33NO6.Na/c1-13-5-9-20-16(2,11-21)14(23)4-6-17(20,3)19(13)8-7-18(12-22,26-19)10-15(24)25;/h13-14,21-23H,4-12H2,1-3H3,(H,24,25);/q;+1/p-1/t13?,14?,16?,17-,18?,19?;/m1./s1. The van der Waals surface area contributed by atoms with Gasteiger partial charge in [0.1, 0.15) is 0 Å². The summed E-state index contributed by atoms with van der Waals surface area (Å²) in [5.41, 5.74) is -2.96. The minimum Gasteiger partial charge on any atom is -0.550 e. The fourth-order valence-electron chi connectivity index (χ4n) is 6.01. The van der Waals surface area contributed by atoms with Gasteiger partial charge in [-0.05, 0) is 58.4 Å². The van der Waals surface area contributed by atoms with Crippen LogP contribution in [0.25, 0.3) is 0 Å². The molecule has 8 heteroatoms. The maximum atomic E-state index is 11.2. The van der Waals surface area contributed by atoms with E-state index >= 15 is 0 Å².